The van der Waals surface area contributed by atoms with Crippen molar-refractivity contribution in [3.63, 3.8) is 0 Å². The molecule has 8 heteroatoms. The number of amides is 1. The molecular formula is C20H23N5O3. The average Bonchev–Trinajstić information content (AvgIpc) is 3.46. The third kappa shape index (κ3) is 2.97. The van der Waals surface area contributed by atoms with Gasteiger partial charge in [-0.3, -0.25) is 4.79 Å². The lowest BCUT2D eigenvalue weighted by Crippen LogP contribution is -2.30. The first-order valence-corrected chi connectivity index (χ1v) is 9.85. The zero-order valence-corrected chi connectivity index (χ0v) is 15.9. The molecule has 2 aliphatic heterocycles. The van der Waals surface area contributed by atoms with Gasteiger partial charge >= 0.3 is 0 Å². The Balaban J connectivity index is 1.41. The van der Waals surface area contributed by atoms with E-state index in [1.807, 2.05) is 30.3 Å². The lowest BCUT2D eigenvalue weighted by atomic mass is 10.1. The van der Waals surface area contributed by atoms with Crippen LogP contribution < -0.4 is 0 Å². The molecule has 1 amide bonds. The molecule has 1 atom stereocenters. The van der Waals surface area contributed by atoms with Gasteiger partial charge in [-0.15, -0.1) is 0 Å². The van der Waals surface area contributed by atoms with Crippen molar-refractivity contribution in [1.29, 1.82) is 0 Å². The van der Waals surface area contributed by atoms with Gasteiger partial charge in [0.15, 0.2) is 11.4 Å². The van der Waals surface area contributed by atoms with E-state index in [0.717, 1.165) is 61.5 Å². The number of fused-ring (bicyclic) bond motifs is 1. The van der Waals surface area contributed by atoms with Crippen LogP contribution in [0.2, 0.25) is 0 Å². The summed E-state index contributed by atoms with van der Waals surface area (Å²) < 4.78 is 13.0. The number of ether oxygens (including phenoxy) is 1. The summed E-state index contributed by atoms with van der Waals surface area (Å²) in [5.41, 5.74) is 2.97. The van der Waals surface area contributed by atoms with E-state index in [1.165, 1.54) is 0 Å². The maximum atomic E-state index is 13.2. The van der Waals surface area contributed by atoms with Crippen LogP contribution >= 0.6 is 0 Å². The van der Waals surface area contributed by atoms with Crippen molar-refractivity contribution in [2.75, 3.05) is 19.8 Å². The van der Waals surface area contributed by atoms with E-state index in [-0.39, 0.29) is 11.9 Å². The number of aryl methyl sites for hydroxylation is 1. The molecule has 2 fully saturated rings. The molecule has 1 unspecified atom stereocenters. The number of pyridine rings is 1. The van der Waals surface area contributed by atoms with Crippen molar-refractivity contribution in [1.82, 2.24) is 24.6 Å². The highest BCUT2D eigenvalue weighted by Crippen LogP contribution is 2.34. The summed E-state index contributed by atoms with van der Waals surface area (Å²) in [4.78, 5) is 24.1. The fraction of sp³-hybridized carbons (Fsp3) is 0.500. The second-order valence-corrected chi connectivity index (χ2v) is 7.59. The Morgan fingerprint density at radius 2 is 2.04 bits per heavy atom. The highest BCUT2D eigenvalue weighted by Gasteiger charge is 2.33. The van der Waals surface area contributed by atoms with E-state index < -0.39 is 0 Å². The summed E-state index contributed by atoms with van der Waals surface area (Å²) in [6.07, 6.45) is 7.25. The third-order valence-corrected chi connectivity index (χ3v) is 5.73. The Morgan fingerprint density at radius 1 is 1.18 bits per heavy atom. The summed E-state index contributed by atoms with van der Waals surface area (Å²) >= 11 is 0. The molecule has 8 nitrogen and oxygen atoms in total. The molecule has 146 valence electrons. The predicted octanol–water partition coefficient (Wildman–Crippen LogP) is 3.06. The number of hydrogen-bond acceptors (Lipinski definition) is 6. The van der Waals surface area contributed by atoms with Gasteiger partial charge in [-0.25, -0.2) is 9.97 Å². The van der Waals surface area contributed by atoms with Crippen LogP contribution in [0.4, 0.5) is 0 Å². The molecule has 0 N–H and O–H groups in total. The minimum absolute atomic E-state index is 0.0356. The van der Waals surface area contributed by atoms with Crippen molar-refractivity contribution in [2.24, 2.45) is 0 Å². The Kier molecular flexibility index (Phi) is 4.35. The van der Waals surface area contributed by atoms with E-state index in [9.17, 15) is 4.79 Å². The number of carbonyl (C=O) groups excluding carboxylic acids is 1. The number of carbonyl (C=O) groups is 1. The Hall–Kier alpha value is -2.74. The second-order valence-electron chi connectivity index (χ2n) is 7.59. The van der Waals surface area contributed by atoms with E-state index in [2.05, 4.69) is 19.7 Å². The molecule has 0 bridgehead atoms. The molecule has 28 heavy (non-hydrogen) atoms. The van der Waals surface area contributed by atoms with E-state index in [4.69, 9.17) is 9.26 Å². The summed E-state index contributed by atoms with van der Waals surface area (Å²) in [6, 6.07) is 4.05. The standard InChI is InChI=1S/C20H23N5O3/c1-13-9-18(28-23-13)17-3-2-6-24(17)20(26)14-10-16-19(21-11-14)25(12-22-16)15-4-7-27-8-5-15/h9-12,15,17H,2-8H2,1H3. The molecule has 5 rings (SSSR count). The molecule has 0 radical (unpaired) electrons. The van der Waals surface area contributed by atoms with Gasteiger partial charge in [0.2, 0.25) is 0 Å². The molecule has 2 saturated heterocycles. The van der Waals surface area contributed by atoms with Crippen LogP contribution in [-0.4, -0.2) is 50.3 Å². The van der Waals surface area contributed by atoms with Gasteiger partial charge in [0.1, 0.15) is 5.52 Å². The Bertz CT molecular complexity index is 1000. The molecule has 0 saturated carbocycles. The van der Waals surface area contributed by atoms with Crippen molar-refractivity contribution in [2.45, 2.75) is 44.7 Å². The van der Waals surface area contributed by atoms with Gasteiger partial charge in [-0.1, -0.05) is 5.16 Å². The summed E-state index contributed by atoms with van der Waals surface area (Å²) in [5.74, 6) is 0.716. The van der Waals surface area contributed by atoms with Crippen LogP contribution in [-0.2, 0) is 4.74 Å². The number of nitrogens with zero attached hydrogens (tertiary/aromatic N) is 5. The van der Waals surface area contributed by atoms with Gasteiger partial charge in [-0.2, -0.15) is 0 Å². The molecule has 2 aliphatic rings. The van der Waals surface area contributed by atoms with Crippen LogP contribution in [0.15, 0.2) is 29.2 Å². The van der Waals surface area contributed by atoms with Crippen molar-refractivity contribution < 1.29 is 14.1 Å². The number of imidazole rings is 1. The normalized spacial score (nSPS) is 20.9. The van der Waals surface area contributed by atoms with Crippen LogP contribution in [0.1, 0.15) is 59.6 Å². The predicted molar refractivity (Wildman–Crippen MR) is 101 cm³/mol. The smallest absolute Gasteiger partial charge is 0.256 e. The molecular weight excluding hydrogens is 358 g/mol. The quantitative estimate of drug-likeness (QED) is 0.693. The number of hydrogen-bond donors (Lipinski definition) is 0. The summed E-state index contributed by atoms with van der Waals surface area (Å²) in [6.45, 7) is 4.12. The van der Waals surface area contributed by atoms with Crippen LogP contribution in [0.25, 0.3) is 11.2 Å². The zero-order chi connectivity index (χ0) is 19.1. The lowest BCUT2D eigenvalue weighted by Gasteiger charge is -2.24. The number of rotatable bonds is 3. The first-order valence-electron chi connectivity index (χ1n) is 9.85. The average molecular weight is 381 g/mol. The summed E-state index contributed by atoms with van der Waals surface area (Å²) in [5, 5.41) is 3.97. The first kappa shape index (κ1) is 17.4. The molecule has 0 aromatic carbocycles. The largest absolute Gasteiger partial charge is 0.381 e. The monoisotopic (exact) mass is 381 g/mol. The van der Waals surface area contributed by atoms with Gasteiger partial charge in [0.25, 0.3) is 5.91 Å². The van der Waals surface area contributed by atoms with Crippen molar-refractivity contribution in [3.8, 4) is 0 Å². The SMILES string of the molecule is Cc1cc(C2CCCN2C(=O)c2cnc3c(c2)ncn3C2CCOCC2)on1. The van der Waals surface area contributed by atoms with Crippen molar-refractivity contribution >= 4 is 17.1 Å². The maximum Gasteiger partial charge on any atom is 0.256 e. The molecule has 0 aliphatic carbocycles. The zero-order valence-electron chi connectivity index (χ0n) is 15.9. The Morgan fingerprint density at radius 3 is 2.82 bits per heavy atom. The van der Waals surface area contributed by atoms with E-state index in [1.54, 1.807) is 6.20 Å². The summed E-state index contributed by atoms with van der Waals surface area (Å²) in [7, 11) is 0. The maximum absolute atomic E-state index is 13.2. The third-order valence-electron chi connectivity index (χ3n) is 5.73. The van der Waals surface area contributed by atoms with Gasteiger partial charge in [0.05, 0.1) is 23.6 Å². The fourth-order valence-corrected chi connectivity index (χ4v) is 4.28. The van der Waals surface area contributed by atoms with Crippen LogP contribution in [0, 0.1) is 6.92 Å². The topological polar surface area (TPSA) is 86.3 Å². The highest BCUT2D eigenvalue weighted by molar-refractivity contribution is 5.96. The highest BCUT2D eigenvalue weighted by atomic mass is 16.5. The van der Waals surface area contributed by atoms with Crippen LogP contribution in [0.3, 0.4) is 0 Å². The molecule has 0 spiro atoms. The number of aromatic nitrogens is 4. The Labute approximate surface area is 162 Å². The number of likely N-dealkylation sites (tertiary alicyclic amines) is 1. The lowest BCUT2D eigenvalue weighted by molar-refractivity contribution is 0.0704. The van der Waals surface area contributed by atoms with E-state index >= 15 is 0 Å². The van der Waals surface area contributed by atoms with Crippen LogP contribution in [0.5, 0.6) is 0 Å². The molecule has 3 aromatic rings. The fourth-order valence-electron chi connectivity index (χ4n) is 4.28. The molecule has 3 aromatic heterocycles. The van der Waals surface area contributed by atoms with Gasteiger partial charge < -0.3 is 18.7 Å². The van der Waals surface area contributed by atoms with Gasteiger partial charge in [-0.05, 0) is 38.7 Å². The molecule has 5 heterocycles. The van der Waals surface area contributed by atoms with E-state index in [0.29, 0.717) is 18.2 Å². The van der Waals surface area contributed by atoms with Crippen molar-refractivity contribution in [3.05, 3.63) is 41.7 Å². The first-order chi connectivity index (χ1) is 13.7. The minimum atomic E-state index is -0.0656. The van der Waals surface area contributed by atoms with Gasteiger partial charge in [0, 0.05) is 38.1 Å². The second kappa shape index (κ2) is 7.01. The minimum Gasteiger partial charge on any atom is -0.381 e.